The van der Waals surface area contributed by atoms with Gasteiger partial charge in [0, 0.05) is 39.3 Å². The monoisotopic (exact) mass is 298 g/mol. The maximum atomic E-state index is 13.2. The molecule has 1 unspecified atom stereocenters. The predicted molar refractivity (Wildman–Crippen MR) is 79.0 cm³/mol. The van der Waals surface area contributed by atoms with Crippen molar-refractivity contribution < 1.29 is 13.9 Å². The van der Waals surface area contributed by atoms with Crippen LogP contribution >= 0.6 is 0 Å². The van der Waals surface area contributed by atoms with Crippen LogP contribution in [0.1, 0.15) is 25.5 Å². The molecule has 1 atom stereocenters. The number of aliphatic hydroxyl groups excluding tert-OH is 1. The van der Waals surface area contributed by atoms with Gasteiger partial charge in [0.15, 0.2) is 11.6 Å². The van der Waals surface area contributed by atoms with E-state index in [-0.39, 0.29) is 0 Å². The summed E-state index contributed by atoms with van der Waals surface area (Å²) in [5.74, 6) is -1.13. The average molecular weight is 298 g/mol. The summed E-state index contributed by atoms with van der Waals surface area (Å²) in [6.07, 6.45) is -0.781. The van der Waals surface area contributed by atoms with Gasteiger partial charge in [0.1, 0.15) is 0 Å². The van der Waals surface area contributed by atoms with Crippen LogP contribution in [0.2, 0.25) is 0 Å². The normalized spacial score (nSPS) is 19.1. The highest BCUT2D eigenvalue weighted by molar-refractivity contribution is 5.20. The van der Waals surface area contributed by atoms with Crippen LogP contribution in [-0.2, 0) is 0 Å². The van der Waals surface area contributed by atoms with Gasteiger partial charge < -0.3 is 10.0 Å². The topological polar surface area (TPSA) is 26.7 Å². The summed E-state index contributed by atoms with van der Waals surface area (Å²) in [6.45, 7) is 9.74. The highest BCUT2D eigenvalue weighted by Gasteiger charge is 2.20. The number of rotatable bonds is 5. The van der Waals surface area contributed by atoms with Crippen molar-refractivity contribution in [3.63, 3.8) is 0 Å². The summed E-state index contributed by atoms with van der Waals surface area (Å²) in [7, 11) is 0. The molecule has 0 aliphatic carbocycles. The number of piperazine rings is 1. The van der Waals surface area contributed by atoms with E-state index in [1.165, 1.54) is 6.07 Å². The van der Waals surface area contributed by atoms with Gasteiger partial charge in [-0.15, -0.1) is 0 Å². The SMILES string of the molecule is CC(C)CN1CCN(CC(O)c2ccc(F)c(F)c2)CC1. The third-order valence-corrected chi connectivity index (χ3v) is 3.85. The van der Waals surface area contributed by atoms with Gasteiger partial charge in [-0.1, -0.05) is 19.9 Å². The predicted octanol–water partition coefficient (Wildman–Crippen LogP) is 2.27. The van der Waals surface area contributed by atoms with Crippen molar-refractivity contribution in [2.75, 3.05) is 39.3 Å². The Hall–Kier alpha value is -1.04. The van der Waals surface area contributed by atoms with E-state index in [9.17, 15) is 13.9 Å². The number of nitrogens with zero attached hydrogens (tertiary/aromatic N) is 2. The lowest BCUT2D eigenvalue weighted by Gasteiger charge is -2.36. The van der Waals surface area contributed by atoms with Crippen LogP contribution in [0.4, 0.5) is 8.78 Å². The summed E-state index contributed by atoms with van der Waals surface area (Å²) >= 11 is 0. The van der Waals surface area contributed by atoms with Gasteiger partial charge in [0.2, 0.25) is 0 Å². The summed E-state index contributed by atoms with van der Waals surface area (Å²) in [5.41, 5.74) is 0.429. The first-order valence-corrected chi connectivity index (χ1v) is 7.53. The lowest BCUT2D eigenvalue weighted by Crippen LogP contribution is -2.48. The van der Waals surface area contributed by atoms with Crippen LogP contribution in [0, 0.1) is 17.6 Å². The molecular weight excluding hydrogens is 274 g/mol. The molecule has 1 fully saturated rings. The number of β-amino-alcohol motifs (C(OH)–C–C–N with tert-alkyl or cyclic N) is 1. The molecule has 0 spiro atoms. The van der Waals surface area contributed by atoms with E-state index in [0.717, 1.165) is 44.9 Å². The third-order valence-electron chi connectivity index (χ3n) is 3.85. The molecule has 0 saturated carbocycles. The number of hydrogen-bond donors (Lipinski definition) is 1. The molecule has 3 nitrogen and oxygen atoms in total. The molecule has 1 aromatic carbocycles. The first-order chi connectivity index (χ1) is 9.95. The second-order valence-electron chi connectivity index (χ2n) is 6.18. The maximum Gasteiger partial charge on any atom is 0.159 e. The van der Waals surface area contributed by atoms with Gasteiger partial charge in [0.05, 0.1) is 6.10 Å². The molecule has 5 heteroatoms. The van der Waals surface area contributed by atoms with Crippen LogP contribution in [0.15, 0.2) is 18.2 Å². The molecule has 0 radical (unpaired) electrons. The number of benzene rings is 1. The number of hydrogen-bond acceptors (Lipinski definition) is 3. The molecule has 118 valence electrons. The molecule has 1 heterocycles. The molecule has 1 aliphatic heterocycles. The molecule has 0 bridgehead atoms. The first kappa shape index (κ1) is 16.3. The quantitative estimate of drug-likeness (QED) is 0.903. The molecule has 0 amide bonds. The minimum Gasteiger partial charge on any atom is -0.387 e. The standard InChI is InChI=1S/C16H24F2N2O/c1-12(2)10-19-5-7-20(8-6-19)11-16(21)13-3-4-14(17)15(18)9-13/h3-4,9,12,16,21H,5-8,10-11H2,1-2H3. The Morgan fingerprint density at radius 3 is 2.10 bits per heavy atom. The second-order valence-corrected chi connectivity index (χ2v) is 6.18. The second kappa shape index (κ2) is 7.29. The number of aliphatic hydroxyl groups is 1. The molecule has 1 aliphatic rings. The third kappa shape index (κ3) is 4.73. The minimum absolute atomic E-state index is 0.429. The average Bonchev–Trinajstić information content (AvgIpc) is 2.43. The van der Waals surface area contributed by atoms with E-state index < -0.39 is 17.7 Å². The molecule has 1 aromatic rings. The van der Waals surface area contributed by atoms with E-state index in [2.05, 4.69) is 23.6 Å². The van der Waals surface area contributed by atoms with Crippen molar-refractivity contribution in [2.24, 2.45) is 5.92 Å². The van der Waals surface area contributed by atoms with Gasteiger partial charge >= 0.3 is 0 Å². The Labute approximate surface area is 125 Å². The van der Waals surface area contributed by atoms with Crippen LogP contribution in [0.5, 0.6) is 0 Å². The fraction of sp³-hybridized carbons (Fsp3) is 0.625. The molecule has 21 heavy (non-hydrogen) atoms. The summed E-state index contributed by atoms with van der Waals surface area (Å²) in [6, 6.07) is 3.58. The minimum atomic E-state index is -0.909. The maximum absolute atomic E-state index is 13.2. The Kier molecular flexibility index (Phi) is 5.67. The van der Waals surface area contributed by atoms with E-state index in [4.69, 9.17) is 0 Å². The Morgan fingerprint density at radius 2 is 1.57 bits per heavy atom. The summed E-state index contributed by atoms with van der Waals surface area (Å²) in [5, 5.41) is 10.2. The van der Waals surface area contributed by atoms with Gasteiger partial charge in [-0.05, 0) is 23.6 Å². The lowest BCUT2D eigenvalue weighted by atomic mass is 10.1. The van der Waals surface area contributed by atoms with Crippen LogP contribution in [0.3, 0.4) is 0 Å². The molecule has 1 saturated heterocycles. The van der Waals surface area contributed by atoms with E-state index in [1.807, 2.05) is 0 Å². The Bertz CT molecular complexity index is 460. The van der Waals surface area contributed by atoms with Crippen molar-refractivity contribution >= 4 is 0 Å². The number of halogens is 2. The first-order valence-electron chi connectivity index (χ1n) is 7.53. The fourth-order valence-electron chi connectivity index (χ4n) is 2.74. The molecule has 2 rings (SSSR count). The molecule has 0 aromatic heterocycles. The summed E-state index contributed by atoms with van der Waals surface area (Å²) < 4.78 is 26.1. The Morgan fingerprint density at radius 1 is 1.00 bits per heavy atom. The highest BCUT2D eigenvalue weighted by atomic mass is 19.2. The zero-order valence-electron chi connectivity index (χ0n) is 12.7. The van der Waals surface area contributed by atoms with Crippen molar-refractivity contribution in [3.8, 4) is 0 Å². The van der Waals surface area contributed by atoms with Gasteiger partial charge in [-0.2, -0.15) is 0 Å². The van der Waals surface area contributed by atoms with E-state index in [1.54, 1.807) is 0 Å². The largest absolute Gasteiger partial charge is 0.387 e. The Balaban J connectivity index is 1.84. The van der Waals surface area contributed by atoms with Crippen molar-refractivity contribution in [2.45, 2.75) is 20.0 Å². The van der Waals surface area contributed by atoms with Gasteiger partial charge in [-0.25, -0.2) is 8.78 Å². The van der Waals surface area contributed by atoms with Crippen LogP contribution in [-0.4, -0.2) is 54.2 Å². The van der Waals surface area contributed by atoms with Crippen molar-refractivity contribution in [1.29, 1.82) is 0 Å². The summed E-state index contributed by atoms with van der Waals surface area (Å²) in [4.78, 5) is 4.59. The van der Waals surface area contributed by atoms with Gasteiger partial charge in [-0.3, -0.25) is 4.90 Å². The zero-order valence-corrected chi connectivity index (χ0v) is 12.7. The smallest absolute Gasteiger partial charge is 0.159 e. The van der Waals surface area contributed by atoms with E-state index >= 15 is 0 Å². The molecular formula is C16H24F2N2O. The zero-order chi connectivity index (χ0) is 15.4. The van der Waals surface area contributed by atoms with E-state index in [0.29, 0.717) is 18.0 Å². The lowest BCUT2D eigenvalue weighted by molar-refractivity contribution is 0.0685. The van der Waals surface area contributed by atoms with Crippen molar-refractivity contribution in [1.82, 2.24) is 9.80 Å². The van der Waals surface area contributed by atoms with Crippen molar-refractivity contribution in [3.05, 3.63) is 35.4 Å². The van der Waals surface area contributed by atoms with Crippen LogP contribution in [0.25, 0.3) is 0 Å². The van der Waals surface area contributed by atoms with Gasteiger partial charge in [0.25, 0.3) is 0 Å². The fourth-order valence-corrected chi connectivity index (χ4v) is 2.74. The highest BCUT2D eigenvalue weighted by Crippen LogP contribution is 2.18. The van der Waals surface area contributed by atoms with Crippen LogP contribution < -0.4 is 0 Å². The molecule has 1 N–H and O–H groups in total.